The van der Waals surface area contributed by atoms with Crippen molar-refractivity contribution in [3.63, 3.8) is 0 Å². The molecule has 0 aliphatic rings. The van der Waals surface area contributed by atoms with Gasteiger partial charge in [0.1, 0.15) is 11.6 Å². The molecule has 0 aromatic heterocycles. The van der Waals surface area contributed by atoms with Crippen LogP contribution < -0.4 is 0 Å². The number of carbonyl (C=O) groups excluding carboxylic acids is 1. The Balaban J connectivity index is 2.17. The van der Waals surface area contributed by atoms with E-state index in [1.807, 2.05) is 0 Å². The molecule has 2 nitrogen and oxygen atoms in total. The maximum absolute atomic E-state index is 12.8. The van der Waals surface area contributed by atoms with Crippen LogP contribution in [0.1, 0.15) is 21.5 Å². The quantitative estimate of drug-likeness (QED) is 0.636. The second-order valence-electron chi connectivity index (χ2n) is 4.25. The van der Waals surface area contributed by atoms with Gasteiger partial charge in [0.05, 0.1) is 6.26 Å². The molecule has 0 spiro atoms. The van der Waals surface area contributed by atoms with E-state index >= 15 is 0 Å². The van der Waals surface area contributed by atoms with Crippen LogP contribution in [-0.2, 0) is 16.9 Å². The van der Waals surface area contributed by atoms with Gasteiger partial charge >= 0.3 is 0 Å². The Hall–Kier alpha value is -1.65. The van der Waals surface area contributed by atoms with Crippen LogP contribution in [0.5, 0.6) is 0 Å². The predicted octanol–water partition coefficient (Wildman–Crippen LogP) is 2.94. The Kier molecular flexibility index (Phi) is 4.35. The van der Waals surface area contributed by atoms with Crippen LogP contribution in [0.15, 0.2) is 48.5 Å². The van der Waals surface area contributed by atoms with E-state index in [1.54, 1.807) is 30.5 Å². The molecule has 0 bridgehead atoms. The van der Waals surface area contributed by atoms with Crippen LogP contribution in [0.3, 0.4) is 0 Å². The maximum atomic E-state index is 12.8. The summed E-state index contributed by atoms with van der Waals surface area (Å²) in [7, 11) is 0. The molecule has 0 heterocycles. The average Bonchev–Trinajstić information content (AvgIpc) is 2.39. The molecule has 19 heavy (non-hydrogen) atoms. The monoisotopic (exact) mass is 276 g/mol. The third-order valence-electron chi connectivity index (χ3n) is 2.69. The fourth-order valence-electron chi connectivity index (χ4n) is 1.75. The Morgan fingerprint density at radius 2 is 1.53 bits per heavy atom. The van der Waals surface area contributed by atoms with Gasteiger partial charge in [-0.1, -0.05) is 35.4 Å². The van der Waals surface area contributed by atoms with Gasteiger partial charge in [-0.3, -0.25) is 4.79 Å². The van der Waals surface area contributed by atoms with Crippen molar-refractivity contribution in [3.05, 3.63) is 71.0 Å². The van der Waals surface area contributed by atoms with Crippen molar-refractivity contribution in [1.82, 2.24) is 0 Å². The van der Waals surface area contributed by atoms with Gasteiger partial charge in [-0.25, -0.2) is 4.39 Å². The minimum absolute atomic E-state index is 0.149. The Labute approximate surface area is 114 Å². The number of hydrogen-bond acceptors (Lipinski definition) is 2. The molecule has 0 amide bonds. The van der Waals surface area contributed by atoms with Crippen LogP contribution in [0, 0.1) is 5.82 Å². The van der Waals surface area contributed by atoms with E-state index in [0.29, 0.717) is 16.9 Å². The molecular weight excluding hydrogens is 263 g/mol. The Morgan fingerprint density at radius 1 is 1.05 bits per heavy atom. The molecule has 0 fully saturated rings. The molecule has 0 N–H and O–H groups in total. The standard InChI is InChI=1S/C15H13FO2S/c1-19(18)10-11-2-4-12(5-3-11)15(17)13-6-8-14(16)9-7-13/h2-9H,10H2,1H3. The lowest BCUT2D eigenvalue weighted by atomic mass is 10.0. The normalized spacial score (nSPS) is 12.2. The lowest BCUT2D eigenvalue weighted by Gasteiger charge is -2.06. The summed E-state index contributed by atoms with van der Waals surface area (Å²) in [6.45, 7) is 0. The number of ketones is 1. The first kappa shape index (κ1) is 13.8. The largest absolute Gasteiger partial charge is 0.616 e. The molecule has 2 aromatic rings. The van der Waals surface area contributed by atoms with Crippen molar-refractivity contribution in [2.24, 2.45) is 0 Å². The topological polar surface area (TPSA) is 40.1 Å². The molecule has 0 radical (unpaired) electrons. The predicted molar refractivity (Wildman–Crippen MR) is 74.0 cm³/mol. The fourth-order valence-corrected chi connectivity index (χ4v) is 2.42. The minimum atomic E-state index is -0.899. The molecule has 2 aromatic carbocycles. The molecule has 0 saturated carbocycles. The first-order valence-corrected chi connectivity index (χ1v) is 7.48. The smallest absolute Gasteiger partial charge is 0.193 e. The molecule has 1 unspecified atom stereocenters. The van der Waals surface area contributed by atoms with Crippen molar-refractivity contribution >= 4 is 17.0 Å². The van der Waals surface area contributed by atoms with Crippen molar-refractivity contribution in [2.75, 3.05) is 6.26 Å². The third-order valence-corrected chi connectivity index (χ3v) is 3.43. The minimum Gasteiger partial charge on any atom is -0.616 e. The van der Waals surface area contributed by atoms with E-state index in [0.717, 1.165) is 5.56 Å². The van der Waals surface area contributed by atoms with Crippen LogP contribution in [0.2, 0.25) is 0 Å². The lowest BCUT2D eigenvalue weighted by Crippen LogP contribution is -2.03. The zero-order valence-corrected chi connectivity index (χ0v) is 11.2. The van der Waals surface area contributed by atoms with Crippen LogP contribution in [0.25, 0.3) is 0 Å². The second-order valence-corrected chi connectivity index (χ2v) is 5.69. The van der Waals surface area contributed by atoms with E-state index in [2.05, 4.69) is 0 Å². The highest BCUT2D eigenvalue weighted by Gasteiger charge is 2.09. The summed E-state index contributed by atoms with van der Waals surface area (Å²) in [4.78, 5) is 12.1. The summed E-state index contributed by atoms with van der Waals surface area (Å²) < 4.78 is 23.9. The highest BCUT2D eigenvalue weighted by Crippen LogP contribution is 2.13. The van der Waals surface area contributed by atoms with Gasteiger partial charge in [-0.2, -0.15) is 0 Å². The van der Waals surface area contributed by atoms with E-state index < -0.39 is 11.2 Å². The summed E-state index contributed by atoms with van der Waals surface area (Å²) in [5.74, 6) is -0.0353. The van der Waals surface area contributed by atoms with E-state index in [1.165, 1.54) is 24.3 Å². The molecule has 2 rings (SSSR count). The first-order chi connectivity index (χ1) is 9.06. The van der Waals surface area contributed by atoms with Gasteiger partial charge in [0, 0.05) is 16.7 Å². The molecule has 4 heteroatoms. The summed E-state index contributed by atoms with van der Waals surface area (Å²) in [5, 5.41) is 0. The highest BCUT2D eigenvalue weighted by atomic mass is 32.2. The number of halogens is 1. The zero-order valence-electron chi connectivity index (χ0n) is 10.4. The second kappa shape index (κ2) is 5.99. The van der Waals surface area contributed by atoms with Gasteiger partial charge in [-0.15, -0.1) is 0 Å². The maximum Gasteiger partial charge on any atom is 0.193 e. The fraction of sp³-hybridized carbons (Fsp3) is 0.133. The zero-order chi connectivity index (χ0) is 13.8. The van der Waals surface area contributed by atoms with Gasteiger partial charge in [0.2, 0.25) is 0 Å². The average molecular weight is 276 g/mol. The Bertz CT molecular complexity index is 562. The van der Waals surface area contributed by atoms with Crippen molar-refractivity contribution in [3.8, 4) is 0 Å². The summed E-state index contributed by atoms with van der Waals surface area (Å²) in [6, 6.07) is 12.4. The summed E-state index contributed by atoms with van der Waals surface area (Å²) in [6.07, 6.45) is 1.64. The van der Waals surface area contributed by atoms with Crippen LogP contribution >= 0.6 is 0 Å². The van der Waals surface area contributed by atoms with E-state index in [-0.39, 0.29) is 11.6 Å². The molecule has 0 aliphatic carbocycles. The SMILES string of the molecule is C[S+]([O-])Cc1ccc(C(=O)c2ccc(F)cc2)cc1. The first-order valence-electron chi connectivity index (χ1n) is 5.75. The van der Waals surface area contributed by atoms with Crippen molar-refractivity contribution in [1.29, 1.82) is 0 Å². The molecule has 1 atom stereocenters. The number of hydrogen-bond donors (Lipinski definition) is 0. The van der Waals surface area contributed by atoms with Gasteiger partial charge in [0.15, 0.2) is 5.78 Å². The third kappa shape index (κ3) is 3.66. The summed E-state index contributed by atoms with van der Waals surface area (Å²) in [5.41, 5.74) is 1.92. The van der Waals surface area contributed by atoms with Crippen molar-refractivity contribution < 1.29 is 13.7 Å². The van der Waals surface area contributed by atoms with Gasteiger partial charge in [0.25, 0.3) is 0 Å². The van der Waals surface area contributed by atoms with E-state index in [9.17, 15) is 13.7 Å². The molecular formula is C15H13FO2S. The number of rotatable bonds is 4. The molecule has 0 aliphatic heterocycles. The van der Waals surface area contributed by atoms with Crippen LogP contribution in [-0.4, -0.2) is 16.6 Å². The number of benzene rings is 2. The van der Waals surface area contributed by atoms with Crippen LogP contribution in [0.4, 0.5) is 4.39 Å². The molecule has 98 valence electrons. The van der Waals surface area contributed by atoms with Gasteiger partial charge < -0.3 is 4.55 Å². The Morgan fingerprint density at radius 3 is 2.00 bits per heavy atom. The summed E-state index contributed by atoms with van der Waals surface area (Å²) >= 11 is -0.899. The van der Waals surface area contributed by atoms with Gasteiger partial charge in [-0.05, 0) is 24.3 Å². The lowest BCUT2D eigenvalue weighted by molar-refractivity contribution is 0.103. The molecule has 0 saturated heterocycles. The highest BCUT2D eigenvalue weighted by molar-refractivity contribution is 7.89. The number of carbonyl (C=O) groups is 1. The van der Waals surface area contributed by atoms with Crippen molar-refractivity contribution in [2.45, 2.75) is 5.75 Å². The van der Waals surface area contributed by atoms with E-state index in [4.69, 9.17) is 0 Å².